The molecule has 0 fully saturated rings. The monoisotopic (exact) mass is 278 g/mol. The average molecular weight is 278 g/mol. The lowest BCUT2D eigenvalue weighted by Gasteiger charge is -2.25. The number of hydrogen-bond donors (Lipinski definition) is 3. The van der Waals surface area contributed by atoms with Gasteiger partial charge in [-0.1, -0.05) is 0 Å². The van der Waals surface area contributed by atoms with Crippen LogP contribution in [-0.4, -0.2) is 43.4 Å². The van der Waals surface area contributed by atoms with E-state index in [1.54, 1.807) is 6.92 Å². The van der Waals surface area contributed by atoms with Crippen molar-refractivity contribution in [3.8, 4) is 0 Å². The third-order valence-corrected chi connectivity index (χ3v) is 2.85. The normalized spacial score (nSPS) is 20.2. The van der Waals surface area contributed by atoms with Crippen molar-refractivity contribution < 1.29 is 27.3 Å². The van der Waals surface area contributed by atoms with Crippen LogP contribution in [0.3, 0.4) is 0 Å². The maximum absolute atomic E-state index is 11.7. The lowest BCUT2D eigenvalue weighted by atomic mass is 10.1. The number of rotatable bonds is 4. The zero-order chi connectivity index (χ0) is 13.9. The van der Waals surface area contributed by atoms with Gasteiger partial charge >= 0.3 is 12.0 Å². The predicted octanol–water partition coefficient (Wildman–Crippen LogP) is -0.607. The minimum Gasteiger partial charge on any atom is -0.463 e. The summed E-state index contributed by atoms with van der Waals surface area (Å²) in [5.74, 6) is -1.59. The summed E-state index contributed by atoms with van der Waals surface area (Å²) >= 11 is 0. The summed E-state index contributed by atoms with van der Waals surface area (Å²) in [5, 5.41) is 4.58. The molecule has 0 aliphatic carbocycles. The van der Waals surface area contributed by atoms with Crippen molar-refractivity contribution in [3.05, 3.63) is 11.3 Å². The molecule has 1 aliphatic rings. The molecule has 0 spiro atoms. The highest BCUT2D eigenvalue weighted by atomic mass is 32.2. The molecule has 1 rings (SSSR count). The van der Waals surface area contributed by atoms with Crippen molar-refractivity contribution in [3.63, 3.8) is 0 Å². The Bertz CT molecular complexity index is 495. The molecule has 0 saturated carbocycles. The Hall–Kier alpha value is -1.61. The molecule has 8 nitrogen and oxygen atoms in total. The van der Waals surface area contributed by atoms with Gasteiger partial charge in [0.05, 0.1) is 18.2 Å². The van der Waals surface area contributed by atoms with E-state index in [1.807, 2.05) is 0 Å². The first-order chi connectivity index (χ1) is 8.24. The van der Waals surface area contributed by atoms with Crippen LogP contribution >= 0.6 is 0 Å². The predicted molar refractivity (Wildman–Crippen MR) is 61.2 cm³/mol. The SMILES string of the molecule is CCOC(=O)C1=C(CS(=O)(=O)O)NC(=O)NC1C. The number of hydrogen-bond acceptors (Lipinski definition) is 5. The summed E-state index contributed by atoms with van der Waals surface area (Å²) in [4.78, 5) is 22.9. The van der Waals surface area contributed by atoms with Crippen LogP contribution in [0.4, 0.5) is 4.79 Å². The molecule has 0 aromatic rings. The van der Waals surface area contributed by atoms with Crippen LogP contribution in [0.15, 0.2) is 11.3 Å². The Balaban J connectivity index is 3.16. The first-order valence-electron chi connectivity index (χ1n) is 5.17. The molecule has 0 bridgehead atoms. The van der Waals surface area contributed by atoms with Crippen molar-refractivity contribution in [1.82, 2.24) is 10.6 Å². The number of nitrogens with one attached hydrogen (secondary N) is 2. The Morgan fingerprint density at radius 3 is 2.61 bits per heavy atom. The van der Waals surface area contributed by atoms with Crippen LogP contribution in [0.5, 0.6) is 0 Å². The summed E-state index contributed by atoms with van der Waals surface area (Å²) < 4.78 is 35.2. The number of amides is 2. The van der Waals surface area contributed by atoms with Gasteiger partial charge < -0.3 is 15.4 Å². The summed E-state index contributed by atoms with van der Waals surface area (Å²) in [6, 6.07) is -1.34. The van der Waals surface area contributed by atoms with Crippen molar-refractivity contribution >= 4 is 22.1 Å². The number of urea groups is 1. The van der Waals surface area contributed by atoms with Crippen molar-refractivity contribution in [2.75, 3.05) is 12.4 Å². The van der Waals surface area contributed by atoms with Crippen molar-refractivity contribution in [2.45, 2.75) is 19.9 Å². The highest BCUT2D eigenvalue weighted by molar-refractivity contribution is 7.86. The highest BCUT2D eigenvalue weighted by Gasteiger charge is 2.31. The van der Waals surface area contributed by atoms with Crippen LogP contribution in [0.1, 0.15) is 13.8 Å². The fourth-order valence-electron chi connectivity index (χ4n) is 1.58. The smallest absolute Gasteiger partial charge is 0.337 e. The quantitative estimate of drug-likeness (QED) is 0.466. The van der Waals surface area contributed by atoms with Gasteiger partial charge in [0.25, 0.3) is 10.1 Å². The second-order valence-electron chi connectivity index (χ2n) is 3.66. The molecule has 0 aromatic carbocycles. The minimum absolute atomic E-state index is 0.0194. The lowest BCUT2D eigenvalue weighted by Crippen LogP contribution is -2.50. The molecule has 0 saturated heterocycles. The third-order valence-electron chi connectivity index (χ3n) is 2.19. The van der Waals surface area contributed by atoms with Gasteiger partial charge in [-0.3, -0.25) is 4.55 Å². The van der Waals surface area contributed by atoms with Gasteiger partial charge in [-0.15, -0.1) is 0 Å². The highest BCUT2D eigenvalue weighted by Crippen LogP contribution is 2.15. The zero-order valence-corrected chi connectivity index (χ0v) is 10.7. The molecule has 0 aromatic heterocycles. The fourth-order valence-corrected chi connectivity index (χ4v) is 2.17. The van der Waals surface area contributed by atoms with Crippen molar-refractivity contribution in [2.24, 2.45) is 0 Å². The van der Waals surface area contributed by atoms with Crippen LogP contribution in [0.2, 0.25) is 0 Å². The second kappa shape index (κ2) is 5.36. The van der Waals surface area contributed by atoms with E-state index in [2.05, 4.69) is 10.6 Å². The second-order valence-corrected chi connectivity index (χ2v) is 5.11. The molecule has 9 heteroatoms. The molecule has 2 amide bonds. The Kier molecular flexibility index (Phi) is 4.30. The molecule has 1 aliphatic heterocycles. The zero-order valence-electron chi connectivity index (χ0n) is 9.89. The first kappa shape index (κ1) is 14.5. The summed E-state index contributed by atoms with van der Waals surface area (Å²) in [5.41, 5.74) is -0.193. The van der Waals surface area contributed by atoms with Gasteiger partial charge in [0.15, 0.2) is 0 Å². The summed E-state index contributed by atoms with van der Waals surface area (Å²) in [7, 11) is -4.36. The number of carbonyl (C=O) groups excluding carboxylic acids is 2. The molecule has 1 atom stereocenters. The standard InChI is InChI=1S/C9H14N2O6S/c1-3-17-8(12)7-5(2)10-9(13)11-6(7)4-18(14,15)16/h5H,3-4H2,1-2H3,(H2,10,11,13)(H,14,15,16). The van der Waals surface area contributed by atoms with E-state index in [9.17, 15) is 18.0 Å². The Morgan fingerprint density at radius 1 is 1.50 bits per heavy atom. The van der Waals surface area contributed by atoms with Gasteiger partial charge in [-0.05, 0) is 13.8 Å². The molecule has 1 unspecified atom stereocenters. The van der Waals surface area contributed by atoms with E-state index in [0.717, 1.165) is 0 Å². The molecular weight excluding hydrogens is 264 g/mol. The third kappa shape index (κ3) is 3.70. The van der Waals surface area contributed by atoms with Gasteiger partial charge in [-0.25, -0.2) is 9.59 Å². The average Bonchev–Trinajstić information content (AvgIpc) is 2.13. The van der Waals surface area contributed by atoms with E-state index in [1.165, 1.54) is 6.92 Å². The van der Waals surface area contributed by atoms with Crippen LogP contribution in [-0.2, 0) is 19.6 Å². The van der Waals surface area contributed by atoms with Gasteiger partial charge in [0.2, 0.25) is 0 Å². The summed E-state index contributed by atoms with van der Waals surface area (Å²) in [6.45, 7) is 3.22. The van der Waals surface area contributed by atoms with E-state index >= 15 is 0 Å². The Labute approximate surface area is 104 Å². The molecule has 3 N–H and O–H groups in total. The van der Waals surface area contributed by atoms with Gasteiger partial charge in [0, 0.05) is 5.70 Å². The van der Waals surface area contributed by atoms with Crippen LogP contribution in [0.25, 0.3) is 0 Å². The maximum Gasteiger partial charge on any atom is 0.337 e. The number of carbonyl (C=O) groups is 2. The minimum atomic E-state index is -4.36. The van der Waals surface area contributed by atoms with E-state index < -0.39 is 33.9 Å². The topological polar surface area (TPSA) is 122 Å². The summed E-state index contributed by atoms with van der Waals surface area (Å²) in [6.07, 6.45) is 0. The fraction of sp³-hybridized carbons (Fsp3) is 0.556. The van der Waals surface area contributed by atoms with Crippen LogP contribution < -0.4 is 10.6 Å². The maximum atomic E-state index is 11.7. The van der Waals surface area contributed by atoms with Crippen LogP contribution in [0, 0.1) is 0 Å². The molecular formula is C9H14N2O6S. The molecule has 1 heterocycles. The number of ether oxygens (including phenoxy) is 1. The number of esters is 1. The van der Waals surface area contributed by atoms with Gasteiger partial charge in [-0.2, -0.15) is 8.42 Å². The van der Waals surface area contributed by atoms with E-state index in [-0.39, 0.29) is 17.9 Å². The molecule has 0 radical (unpaired) electrons. The van der Waals surface area contributed by atoms with Crippen molar-refractivity contribution in [1.29, 1.82) is 0 Å². The first-order valence-corrected chi connectivity index (χ1v) is 6.78. The van der Waals surface area contributed by atoms with E-state index in [0.29, 0.717) is 0 Å². The molecule has 102 valence electrons. The van der Waals surface area contributed by atoms with Gasteiger partial charge in [0.1, 0.15) is 5.75 Å². The van der Waals surface area contributed by atoms with E-state index in [4.69, 9.17) is 9.29 Å². The Morgan fingerprint density at radius 2 is 2.11 bits per heavy atom. The molecule has 18 heavy (non-hydrogen) atoms. The lowest BCUT2D eigenvalue weighted by molar-refractivity contribution is -0.138. The largest absolute Gasteiger partial charge is 0.463 e.